The van der Waals surface area contributed by atoms with Crippen molar-refractivity contribution in [3.05, 3.63) is 32.6 Å². The molecule has 0 radical (unpaired) electrons. The van der Waals surface area contributed by atoms with Crippen molar-refractivity contribution in [2.24, 2.45) is 5.92 Å². The second-order valence-corrected chi connectivity index (χ2v) is 5.02. The first-order valence-corrected chi connectivity index (χ1v) is 6.00. The molecule has 4 N–H and O–H groups in total. The van der Waals surface area contributed by atoms with Crippen LogP contribution in [-0.4, -0.2) is 45.1 Å². The number of H-pyrrole nitrogens is 2. The lowest BCUT2D eigenvalue weighted by Gasteiger charge is -2.43. The van der Waals surface area contributed by atoms with Gasteiger partial charge in [-0.15, -0.1) is 0 Å². The summed E-state index contributed by atoms with van der Waals surface area (Å²) in [7, 11) is 0. The molecule has 0 amide bonds. The second kappa shape index (κ2) is 4.27. The second-order valence-electron chi connectivity index (χ2n) is 5.02. The number of aromatic amines is 2. The van der Waals surface area contributed by atoms with Crippen LogP contribution < -0.4 is 11.2 Å². The molecule has 2 fully saturated rings. The van der Waals surface area contributed by atoms with Gasteiger partial charge in [0.2, 0.25) is 0 Å². The Morgan fingerprint density at radius 3 is 2.68 bits per heavy atom. The SMILES string of the molecule is O=c1cc(C2CC(CO)C(O)C23COO3)[nH]c(=O)[nH]1. The summed E-state index contributed by atoms with van der Waals surface area (Å²) in [5.74, 6) is -0.778. The summed E-state index contributed by atoms with van der Waals surface area (Å²) in [6, 6.07) is 1.27. The number of rotatable bonds is 2. The summed E-state index contributed by atoms with van der Waals surface area (Å²) in [6.45, 7) is -0.0413. The van der Waals surface area contributed by atoms with Gasteiger partial charge in [0.15, 0.2) is 5.60 Å². The lowest BCUT2D eigenvalue weighted by Crippen LogP contribution is -2.58. The normalized spacial score (nSPS) is 37.5. The van der Waals surface area contributed by atoms with Crippen LogP contribution in [0.3, 0.4) is 0 Å². The summed E-state index contributed by atoms with van der Waals surface area (Å²) < 4.78 is 0. The van der Waals surface area contributed by atoms with Crippen LogP contribution in [0, 0.1) is 5.92 Å². The fourth-order valence-corrected chi connectivity index (χ4v) is 2.96. The predicted molar refractivity (Wildman–Crippen MR) is 61.4 cm³/mol. The number of hydrogen-bond donors (Lipinski definition) is 4. The molecule has 0 aromatic carbocycles. The Bertz CT molecular complexity index is 561. The van der Waals surface area contributed by atoms with E-state index in [9.17, 15) is 19.8 Å². The van der Waals surface area contributed by atoms with E-state index in [2.05, 4.69) is 9.97 Å². The molecule has 104 valence electrons. The highest BCUT2D eigenvalue weighted by Crippen LogP contribution is 2.51. The van der Waals surface area contributed by atoms with Gasteiger partial charge >= 0.3 is 5.69 Å². The Kier molecular flexibility index (Phi) is 2.82. The van der Waals surface area contributed by atoms with E-state index in [1.54, 1.807) is 0 Å². The fraction of sp³-hybridized carbons (Fsp3) is 0.636. The standard InChI is InChI=1S/C11H14N2O6/c14-3-5-1-6(11(9(5)16)4-18-19-11)7-2-8(15)13-10(17)12-7/h2,5-6,9,14,16H,1,3-4H2,(H2,12,13,15,17). The molecule has 3 rings (SSSR count). The molecule has 4 atom stereocenters. The number of hydrogen-bond acceptors (Lipinski definition) is 6. The lowest BCUT2D eigenvalue weighted by molar-refractivity contribution is -0.487. The minimum Gasteiger partial charge on any atom is -0.396 e. The molecule has 1 aromatic rings. The molecule has 1 spiro atoms. The maximum Gasteiger partial charge on any atom is 0.325 e. The van der Waals surface area contributed by atoms with Crippen molar-refractivity contribution in [3.8, 4) is 0 Å². The molecule has 1 saturated carbocycles. The zero-order valence-electron chi connectivity index (χ0n) is 9.96. The monoisotopic (exact) mass is 270 g/mol. The first-order chi connectivity index (χ1) is 9.06. The van der Waals surface area contributed by atoms with Gasteiger partial charge in [-0.3, -0.25) is 9.78 Å². The van der Waals surface area contributed by atoms with Gasteiger partial charge in [-0.1, -0.05) is 0 Å². The maximum atomic E-state index is 11.4. The zero-order valence-corrected chi connectivity index (χ0v) is 9.96. The average molecular weight is 270 g/mol. The Morgan fingerprint density at radius 2 is 2.16 bits per heavy atom. The lowest BCUT2D eigenvalue weighted by atomic mass is 9.86. The van der Waals surface area contributed by atoms with Crippen molar-refractivity contribution in [1.82, 2.24) is 9.97 Å². The highest BCUT2D eigenvalue weighted by atomic mass is 17.2. The zero-order chi connectivity index (χ0) is 13.6. The van der Waals surface area contributed by atoms with Gasteiger partial charge in [0.05, 0.1) is 6.10 Å². The molecular formula is C11H14N2O6. The van der Waals surface area contributed by atoms with Crippen LogP contribution in [0.15, 0.2) is 15.7 Å². The van der Waals surface area contributed by atoms with Gasteiger partial charge in [0, 0.05) is 30.2 Å². The molecule has 2 aliphatic rings. The van der Waals surface area contributed by atoms with Crippen molar-refractivity contribution in [2.45, 2.75) is 24.0 Å². The Labute approximate surface area is 106 Å². The first-order valence-electron chi connectivity index (χ1n) is 6.00. The smallest absolute Gasteiger partial charge is 0.325 e. The summed E-state index contributed by atoms with van der Waals surface area (Å²) >= 11 is 0. The van der Waals surface area contributed by atoms with Crippen molar-refractivity contribution >= 4 is 0 Å². The molecule has 1 aliphatic carbocycles. The third-order valence-electron chi connectivity index (χ3n) is 3.97. The van der Waals surface area contributed by atoms with Gasteiger partial charge in [-0.05, 0) is 6.42 Å². The molecule has 8 nitrogen and oxygen atoms in total. The fourth-order valence-electron chi connectivity index (χ4n) is 2.96. The van der Waals surface area contributed by atoms with E-state index in [0.717, 1.165) is 0 Å². The molecule has 1 saturated heterocycles. The summed E-state index contributed by atoms with van der Waals surface area (Å²) in [5, 5.41) is 19.5. The summed E-state index contributed by atoms with van der Waals surface area (Å²) in [6.07, 6.45) is -0.500. The number of aromatic nitrogens is 2. The summed E-state index contributed by atoms with van der Waals surface area (Å²) in [4.78, 5) is 37.1. The highest BCUT2D eigenvalue weighted by Gasteiger charge is 2.62. The van der Waals surface area contributed by atoms with Gasteiger partial charge < -0.3 is 15.2 Å². The molecule has 8 heteroatoms. The predicted octanol–water partition coefficient (Wildman–Crippen LogP) is -1.78. The Morgan fingerprint density at radius 1 is 1.42 bits per heavy atom. The molecule has 19 heavy (non-hydrogen) atoms. The van der Waals surface area contributed by atoms with Gasteiger partial charge in [-0.2, -0.15) is 0 Å². The van der Waals surface area contributed by atoms with Gasteiger partial charge in [0.25, 0.3) is 5.56 Å². The molecule has 1 aliphatic heterocycles. The largest absolute Gasteiger partial charge is 0.396 e. The number of aliphatic hydroxyl groups excluding tert-OH is 2. The summed E-state index contributed by atoms with van der Waals surface area (Å²) in [5.41, 5.74) is -1.74. The Hall–Kier alpha value is -1.48. The number of nitrogens with one attached hydrogen (secondary N) is 2. The molecule has 2 heterocycles. The van der Waals surface area contributed by atoms with Crippen LogP contribution in [0.2, 0.25) is 0 Å². The van der Waals surface area contributed by atoms with E-state index in [1.807, 2.05) is 0 Å². The Balaban J connectivity index is 2.03. The van der Waals surface area contributed by atoms with Crippen LogP contribution >= 0.6 is 0 Å². The van der Waals surface area contributed by atoms with Crippen LogP contribution in [0.1, 0.15) is 18.0 Å². The molecular weight excluding hydrogens is 256 g/mol. The van der Waals surface area contributed by atoms with Crippen molar-refractivity contribution in [3.63, 3.8) is 0 Å². The third-order valence-corrected chi connectivity index (χ3v) is 3.97. The van der Waals surface area contributed by atoms with E-state index < -0.39 is 28.9 Å². The van der Waals surface area contributed by atoms with Crippen molar-refractivity contribution < 1.29 is 20.0 Å². The minimum absolute atomic E-state index is 0.157. The van der Waals surface area contributed by atoms with Crippen molar-refractivity contribution in [2.75, 3.05) is 13.2 Å². The quantitative estimate of drug-likeness (QED) is 0.471. The van der Waals surface area contributed by atoms with Gasteiger partial charge in [-0.25, -0.2) is 14.6 Å². The van der Waals surface area contributed by atoms with E-state index >= 15 is 0 Å². The van der Waals surface area contributed by atoms with Crippen LogP contribution in [0.25, 0.3) is 0 Å². The van der Waals surface area contributed by atoms with E-state index in [-0.39, 0.29) is 19.1 Å². The van der Waals surface area contributed by atoms with E-state index in [0.29, 0.717) is 12.1 Å². The van der Waals surface area contributed by atoms with Crippen LogP contribution in [0.4, 0.5) is 0 Å². The number of aliphatic hydroxyl groups is 2. The maximum absolute atomic E-state index is 11.4. The van der Waals surface area contributed by atoms with Crippen LogP contribution in [-0.2, 0) is 9.78 Å². The first kappa shape index (κ1) is 12.5. The minimum atomic E-state index is -0.996. The van der Waals surface area contributed by atoms with Crippen molar-refractivity contribution in [1.29, 1.82) is 0 Å². The average Bonchev–Trinajstić information content (AvgIpc) is 2.60. The third kappa shape index (κ3) is 1.76. The van der Waals surface area contributed by atoms with E-state index in [4.69, 9.17) is 9.78 Å². The van der Waals surface area contributed by atoms with Gasteiger partial charge in [0.1, 0.15) is 6.61 Å². The van der Waals surface area contributed by atoms with Crippen LogP contribution in [0.5, 0.6) is 0 Å². The molecule has 1 aromatic heterocycles. The van der Waals surface area contributed by atoms with E-state index in [1.165, 1.54) is 6.07 Å². The highest BCUT2D eigenvalue weighted by molar-refractivity contribution is 5.21. The molecule has 0 bridgehead atoms. The molecule has 4 unspecified atom stereocenters. The topological polar surface area (TPSA) is 125 Å².